The second-order valence-electron chi connectivity index (χ2n) is 7.39. The number of anilines is 1. The molecule has 1 aliphatic rings. The molecule has 3 aromatic rings. The highest BCUT2D eigenvalue weighted by atomic mass is 19.1. The van der Waals surface area contributed by atoms with Crippen LogP contribution in [0.3, 0.4) is 0 Å². The van der Waals surface area contributed by atoms with Crippen LogP contribution in [-0.2, 0) is 16.1 Å². The van der Waals surface area contributed by atoms with Crippen LogP contribution in [0, 0.1) is 19.7 Å². The van der Waals surface area contributed by atoms with Crippen molar-refractivity contribution in [2.75, 3.05) is 5.32 Å². The van der Waals surface area contributed by atoms with Crippen molar-refractivity contribution in [2.24, 2.45) is 0 Å². The summed E-state index contributed by atoms with van der Waals surface area (Å²) in [7, 11) is 0. The van der Waals surface area contributed by atoms with Gasteiger partial charge in [0.2, 0.25) is 0 Å². The van der Waals surface area contributed by atoms with Crippen molar-refractivity contribution in [3.8, 4) is 0 Å². The van der Waals surface area contributed by atoms with Gasteiger partial charge in [-0.25, -0.2) is 4.39 Å². The average molecular weight is 400 g/mol. The van der Waals surface area contributed by atoms with E-state index >= 15 is 0 Å². The second kappa shape index (κ2) is 7.95. The molecule has 3 aromatic carbocycles. The lowest BCUT2D eigenvalue weighted by molar-refractivity contribution is -0.137. The molecule has 1 N–H and O–H groups in total. The van der Waals surface area contributed by atoms with E-state index in [9.17, 15) is 14.0 Å². The lowest BCUT2D eigenvalue weighted by atomic mass is 9.97. The van der Waals surface area contributed by atoms with E-state index in [1.165, 1.54) is 17.0 Å². The third-order valence-electron chi connectivity index (χ3n) is 5.10. The number of amides is 2. The van der Waals surface area contributed by atoms with Gasteiger partial charge in [0.1, 0.15) is 11.5 Å². The molecule has 0 bridgehead atoms. The Morgan fingerprint density at radius 1 is 0.867 bits per heavy atom. The largest absolute Gasteiger partial charge is 0.350 e. The monoisotopic (exact) mass is 400 g/mol. The Hall–Kier alpha value is -3.73. The summed E-state index contributed by atoms with van der Waals surface area (Å²) in [5.41, 5.74) is 4.38. The van der Waals surface area contributed by atoms with Gasteiger partial charge in [-0.05, 0) is 48.7 Å². The average Bonchev–Trinajstić information content (AvgIpc) is 2.93. The van der Waals surface area contributed by atoms with Crippen molar-refractivity contribution in [3.05, 3.63) is 107 Å². The van der Waals surface area contributed by atoms with Crippen molar-refractivity contribution >= 4 is 23.1 Å². The first-order valence-electron chi connectivity index (χ1n) is 9.68. The van der Waals surface area contributed by atoms with E-state index < -0.39 is 11.7 Å². The highest BCUT2D eigenvalue weighted by Gasteiger charge is 2.39. The number of aryl methyl sites for hydroxylation is 2. The van der Waals surface area contributed by atoms with Gasteiger partial charge in [-0.3, -0.25) is 14.5 Å². The van der Waals surface area contributed by atoms with E-state index in [2.05, 4.69) is 5.32 Å². The Labute approximate surface area is 174 Å². The number of carbonyl (C=O) groups excluding carboxylic acids is 2. The van der Waals surface area contributed by atoms with E-state index in [0.29, 0.717) is 16.8 Å². The number of benzene rings is 3. The van der Waals surface area contributed by atoms with E-state index in [4.69, 9.17) is 0 Å². The molecule has 0 aliphatic carbocycles. The standard InChI is InChI=1S/C25H21FN2O2/c1-16-11-12-21(17(2)13-16)22-23(27-20-10-6-9-19(26)14-20)25(30)28(24(22)29)15-18-7-4-3-5-8-18/h3-14,27H,15H2,1-2H3. The molecule has 0 unspecified atom stereocenters. The molecule has 0 saturated heterocycles. The third-order valence-corrected chi connectivity index (χ3v) is 5.10. The van der Waals surface area contributed by atoms with Gasteiger partial charge in [0.25, 0.3) is 11.8 Å². The van der Waals surface area contributed by atoms with Crippen LogP contribution in [0.15, 0.2) is 78.5 Å². The van der Waals surface area contributed by atoms with Gasteiger partial charge in [-0.15, -0.1) is 0 Å². The predicted octanol–water partition coefficient (Wildman–Crippen LogP) is 4.83. The molecule has 4 rings (SSSR count). The first-order chi connectivity index (χ1) is 14.4. The van der Waals surface area contributed by atoms with Crippen LogP contribution in [0.1, 0.15) is 22.3 Å². The Morgan fingerprint density at radius 3 is 2.33 bits per heavy atom. The van der Waals surface area contributed by atoms with Crippen LogP contribution >= 0.6 is 0 Å². The molecule has 0 atom stereocenters. The lowest BCUT2D eigenvalue weighted by Gasteiger charge is -2.15. The Kier molecular flexibility index (Phi) is 5.19. The zero-order valence-corrected chi connectivity index (χ0v) is 16.8. The van der Waals surface area contributed by atoms with Crippen molar-refractivity contribution < 1.29 is 14.0 Å². The first-order valence-corrected chi connectivity index (χ1v) is 9.68. The maximum absolute atomic E-state index is 13.7. The lowest BCUT2D eigenvalue weighted by Crippen LogP contribution is -2.32. The molecule has 5 heteroatoms. The maximum atomic E-state index is 13.7. The van der Waals surface area contributed by atoms with Crippen molar-refractivity contribution in [2.45, 2.75) is 20.4 Å². The van der Waals surface area contributed by atoms with Crippen molar-refractivity contribution in [3.63, 3.8) is 0 Å². The van der Waals surface area contributed by atoms with Gasteiger partial charge in [0, 0.05) is 5.69 Å². The number of halogens is 1. The molecule has 2 amide bonds. The predicted molar refractivity (Wildman–Crippen MR) is 115 cm³/mol. The zero-order valence-electron chi connectivity index (χ0n) is 16.8. The van der Waals surface area contributed by atoms with Gasteiger partial charge < -0.3 is 5.32 Å². The number of hydrogen-bond acceptors (Lipinski definition) is 3. The summed E-state index contributed by atoms with van der Waals surface area (Å²) < 4.78 is 13.7. The van der Waals surface area contributed by atoms with E-state index in [-0.39, 0.29) is 18.1 Å². The molecular weight excluding hydrogens is 379 g/mol. The normalized spacial score (nSPS) is 13.9. The Morgan fingerprint density at radius 2 is 1.63 bits per heavy atom. The van der Waals surface area contributed by atoms with Crippen LogP contribution in [-0.4, -0.2) is 16.7 Å². The molecule has 1 heterocycles. The second-order valence-corrected chi connectivity index (χ2v) is 7.39. The molecule has 0 radical (unpaired) electrons. The van der Waals surface area contributed by atoms with Crippen LogP contribution in [0.4, 0.5) is 10.1 Å². The number of imide groups is 1. The fourth-order valence-corrected chi connectivity index (χ4v) is 3.66. The molecule has 1 aliphatic heterocycles. The van der Waals surface area contributed by atoms with Crippen LogP contribution in [0.2, 0.25) is 0 Å². The molecule has 0 aromatic heterocycles. The zero-order chi connectivity index (χ0) is 21.3. The molecule has 0 saturated carbocycles. The van der Waals surface area contributed by atoms with E-state index in [1.54, 1.807) is 12.1 Å². The van der Waals surface area contributed by atoms with Gasteiger partial charge in [0.15, 0.2) is 0 Å². The smallest absolute Gasteiger partial charge is 0.278 e. The summed E-state index contributed by atoms with van der Waals surface area (Å²) in [4.78, 5) is 27.8. The minimum absolute atomic E-state index is 0.161. The molecular formula is C25H21FN2O2. The van der Waals surface area contributed by atoms with Crippen molar-refractivity contribution in [1.29, 1.82) is 0 Å². The highest BCUT2D eigenvalue weighted by Crippen LogP contribution is 2.33. The minimum atomic E-state index is -0.428. The fraction of sp³-hybridized carbons (Fsp3) is 0.120. The quantitative estimate of drug-likeness (QED) is 0.624. The van der Waals surface area contributed by atoms with Gasteiger partial charge in [0.05, 0.1) is 12.1 Å². The topological polar surface area (TPSA) is 49.4 Å². The number of nitrogens with one attached hydrogen (secondary N) is 1. The van der Waals surface area contributed by atoms with E-state index in [0.717, 1.165) is 16.7 Å². The Bertz CT molecular complexity index is 1170. The number of rotatable bonds is 5. The minimum Gasteiger partial charge on any atom is -0.350 e. The maximum Gasteiger partial charge on any atom is 0.278 e. The van der Waals surface area contributed by atoms with Gasteiger partial charge >= 0.3 is 0 Å². The fourth-order valence-electron chi connectivity index (χ4n) is 3.66. The molecule has 150 valence electrons. The summed E-state index contributed by atoms with van der Waals surface area (Å²) in [6.45, 7) is 4.05. The molecule has 30 heavy (non-hydrogen) atoms. The third kappa shape index (κ3) is 3.74. The van der Waals surface area contributed by atoms with Crippen LogP contribution in [0.25, 0.3) is 5.57 Å². The molecule has 0 fully saturated rings. The summed E-state index contributed by atoms with van der Waals surface area (Å²) >= 11 is 0. The molecule has 4 nitrogen and oxygen atoms in total. The number of carbonyl (C=O) groups is 2. The molecule has 0 spiro atoms. The van der Waals surface area contributed by atoms with Gasteiger partial charge in [-0.2, -0.15) is 0 Å². The van der Waals surface area contributed by atoms with E-state index in [1.807, 2.05) is 62.4 Å². The highest BCUT2D eigenvalue weighted by molar-refractivity contribution is 6.36. The van der Waals surface area contributed by atoms with Crippen LogP contribution < -0.4 is 5.32 Å². The number of hydrogen-bond donors (Lipinski definition) is 1. The number of nitrogens with zero attached hydrogens (tertiary/aromatic N) is 1. The SMILES string of the molecule is Cc1ccc(C2=C(Nc3cccc(F)c3)C(=O)N(Cc3ccccc3)C2=O)c(C)c1. The Balaban J connectivity index is 1.79. The summed E-state index contributed by atoms with van der Waals surface area (Å²) in [5, 5.41) is 3.00. The summed E-state index contributed by atoms with van der Waals surface area (Å²) in [5.74, 6) is -1.22. The van der Waals surface area contributed by atoms with Gasteiger partial charge in [-0.1, -0.05) is 60.2 Å². The summed E-state index contributed by atoms with van der Waals surface area (Å²) in [6.07, 6.45) is 0. The first kappa shape index (κ1) is 19.6. The van der Waals surface area contributed by atoms with Crippen molar-refractivity contribution in [1.82, 2.24) is 4.90 Å². The summed E-state index contributed by atoms with van der Waals surface area (Å²) in [6, 6.07) is 20.9. The van der Waals surface area contributed by atoms with Crippen LogP contribution in [0.5, 0.6) is 0 Å².